The second-order valence-electron chi connectivity index (χ2n) is 4.33. The van der Waals surface area contributed by atoms with Crippen molar-refractivity contribution in [2.24, 2.45) is 5.92 Å². The van der Waals surface area contributed by atoms with Gasteiger partial charge in [0.15, 0.2) is 0 Å². The topological polar surface area (TPSA) is 71.3 Å². The Bertz CT molecular complexity index is 437. The summed E-state index contributed by atoms with van der Waals surface area (Å²) in [7, 11) is -1.72. The molecule has 17 heavy (non-hydrogen) atoms. The van der Waals surface area contributed by atoms with Gasteiger partial charge in [-0.15, -0.1) is 0 Å². The molecule has 0 saturated heterocycles. The van der Waals surface area contributed by atoms with E-state index in [1.54, 1.807) is 13.1 Å². The molecular weight excluding hydrogens is 240 g/mol. The fourth-order valence-corrected chi connectivity index (χ4v) is 2.32. The molecule has 0 unspecified atom stereocenters. The van der Waals surface area contributed by atoms with Crippen molar-refractivity contribution < 1.29 is 12.8 Å². The van der Waals surface area contributed by atoms with Gasteiger partial charge in [0.1, 0.15) is 5.76 Å². The van der Waals surface area contributed by atoms with Gasteiger partial charge in [-0.25, -0.2) is 13.1 Å². The van der Waals surface area contributed by atoms with E-state index in [9.17, 15) is 8.42 Å². The lowest BCUT2D eigenvalue weighted by Gasteiger charge is -2.06. The van der Waals surface area contributed by atoms with E-state index in [0.717, 1.165) is 6.42 Å². The van der Waals surface area contributed by atoms with Crippen LogP contribution >= 0.6 is 0 Å². The van der Waals surface area contributed by atoms with Crippen LogP contribution in [0.3, 0.4) is 0 Å². The quantitative estimate of drug-likeness (QED) is 0.775. The number of sulfonamides is 1. The number of rotatable bonds is 7. The number of nitrogens with one attached hydrogen (secondary N) is 2. The molecule has 0 fully saturated rings. The van der Waals surface area contributed by atoms with Crippen molar-refractivity contribution in [3.63, 3.8) is 0 Å². The molecular formula is C11H20N2O3S. The van der Waals surface area contributed by atoms with Crippen molar-refractivity contribution in [3.05, 3.63) is 17.9 Å². The summed E-state index contributed by atoms with van der Waals surface area (Å²) in [4.78, 5) is 0. The van der Waals surface area contributed by atoms with Gasteiger partial charge in [0.05, 0.1) is 6.54 Å². The molecule has 0 bridgehead atoms. The first-order valence-electron chi connectivity index (χ1n) is 5.68. The van der Waals surface area contributed by atoms with Crippen molar-refractivity contribution in [1.82, 2.24) is 10.0 Å². The third-order valence-electron chi connectivity index (χ3n) is 2.27. The summed E-state index contributed by atoms with van der Waals surface area (Å²) < 4.78 is 31.4. The summed E-state index contributed by atoms with van der Waals surface area (Å²) in [5.74, 6) is 1.07. The van der Waals surface area contributed by atoms with E-state index in [1.165, 1.54) is 6.07 Å². The van der Waals surface area contributed by atoms with Crippen LogP contribution in [0, 0.1) is 5.92 Å². The van der Waals surface area contributed by atoms with E-state index in [1.807, 2.05) is 13.8 Å². The van der Waals surface area contributed by atoms with Gasteiger partial charge >= 0.3 is 0 Å². The zero-order chi connectivity index (χ0) is 12.9. The maximum atomic E-state index is 11.8. The lowest BCUT2D eigenvalue weighted by molar-refractivity contribution is 0.404. The summed E-state index contributed by atoms with van der Waals surface area (Å²) >= 11 is 0. The van der Waals surface area contributed by atoms with Crippen molar-refractivity contribution >= 4 is 10.0 Å². The zero-order valence-corrected chi connectivity index (χ0v) is 11.3. The van der Waals surface area contributed by atoms with E-state index in [-0.39, 0.29) is 5.09 Å². The van der Waals surface area contributed by atoms with Crippen LogP contribution in [0.2, 0.25) is 0 Å². The maximum absolute atomic E-state index is 11.8. The summed E-state index contributed by atoms with van der Waals surface area (Å²) in [6, 6.07) is 3.14. The van der Waals surface area contributed by atoms with Gasteiger partial charge in [0.2, 0.25) is 5.09 Å². The lowest BCUT2D eigenvalue weighted by Crippen LogP contribution is -2.25. The third-order valence-corrected chi connectivity index (χ3v) is 3.60. The van der Waals surface area contributed by atoms with Crippen molar-refractivity contribution in [1.29, 1.82) is 0 Å². The molecule has 0 aliphatic rings. The second kappa shape index (κ2) is 6.18. The molecule has 1 rings (SSSR count). The van der Waals surface area contributed by atoms with Crippen LogP contribution in [0.4, 0.5) is 0 Å². The van der Waals surface area contributed by atoms with E-state index < -0.39 is 10.0 Å². The Morgan fingerprint density at radius 1 is 1.35 bits per heavy atom. The summed E-state index contributed by atoms with van der Waals surface area (Å²) in [5.41, 5.74) is 0. The fraction of sp³-hybridized carbons (Fsp3) is 0.636. The minimum absolute atomic E-state index is 0.0218. The van der Waals surface area contributed by atoms with Gasteiger partial charge in [-0.1, -0.05) is 13.8 Å². The highest BCUT2D eigenvalue weighted by atomic mass is 32.2. The van der Waals surface area contributed by atoms with Crippen LogP contribution in [0.15, 0.2) is 21.6 Å². The lowest BCUT2D eigenvalue weighted by atomic mass is 10.1. The third kappa shape index (κ3) is 4.49. The predicted molar refractivity (Wildman–Crippen MR) is 66.1 cm³/mol. The van der Waals surface area contributed by atoms with Crippen molar-refractivity contribution in [2.75, 3.05) is 13.6 Å². The second-order valence-corrected chi connectivity index (χ2v) is 6.03. The normalized spacial score (nSPS) is 12.2. The Kier molecular flexibility index (Phi) is 5.17. The molecule has 1 heterocycles. The molecule has 5 nitrogen and oxygen atoms in total. The first-order chi connectivity index (χ1) is 7.95. The van der Waals surface area contributed by atoms with Crippen LogP contribution in [-0.2, 0) is 16.6 Å². The Hall–Kier alpha value is -0.850. The molecule has 0 aliphatic heterocycles. The molecule has 0 aliphatic carbocycles. The Balaban J connectivity index is 2.62. The molecule has 6 heteroatoms. The molecule has 0 amide bonds. The molecule has 1 aromatic heterocycles. The first kappa shape index (κ1) is 14.2. The summed E-state index contributed by atoms with van der Waals surface area (Å²) in [6.45, 7) is 5.04. The molecule has 2 N–H and O–H groups in total. The average molecular weight is 260 g/mol. The van der Waals surface area contributed by atoms with Crippen LogP contribution in [0.25, 0.3) is 0 Å². The van der Waals surface area contributed by atoms with Gasteiger partial charge in [-0.3, -0.25) is 0 Å². The molecule has 0 aromatic carbocycles. The number of hydrogen-bond donors (Lipinski definition) is 2. The van der Waals surface area contributed by atoms with E-state index in [2.05, 4.69) is 10.0 Å². The SMILES string of the molecule is CNCc1ccc(S(=O)(=O)NCCC(C)C)o1. The standard InChI is InChI=1S/C11H20N2O3S/c1-9(2)6-7-13-17(14,15)11-5-4-10(16-11)8-12-3/h4-5,9,12-13H,6-8H2,1-3H3. The van der Waals surface area contributed by atoms with Crippen LogP contribution in [-0.4, -0.2) is 22.0 Å². The minimum Gasteiger partial charge on any atom is -0.447 e. The number of hydrogen-bond acceptors (Lipinski definition) is 4. The highest BCUT2D eigenvalue weighted by Crippen LogP contribution is 2.13. The van der Waals surface area contributed by atoms with E-state index in [0.29, 0.717) is 24.8 Å². The molecule has 1 aromatic rings. The van der Waals surface area contributed by atoms with Gasteiger partial charge < -0.3 is 9.73 Å². The average Bonchev–Trinajstić information content (AvgIpc) is 2.66. The van der Waals surface area contributed by atoms with Gasteiger partial charge in [-0.05, 0) is 31.5 Å². The van der Waals surface area contributed by atoms with E-state index >= 15 is 0 Å². The smallest absolute Gasteiger partial charge is 0.273 e. The molecule has 98 valence electrons. The molecule has 0 radical (unpaired) electrons. The molecule has 0 saturated carbocycles. The highest BCUT2D eigenvalue weighted by Gasteiger charge is 2.17. The molecule has 0 spiro atoms. The number of furan rings is 1. The Morgan fingerprint density at radius 2 is 2.06 bits per heavy atom. The van der Waals surface area contributed by atoms with Crippen molar-refractivity contribution in [3.8, 4) is 0 Å². The predicted octanol–water partition coefficient (Wildman–Crippen LogP) is 1.32. The Labute approximate surface area is 103 Å². The first-order valence-corrected chi connectivity index (χ1v) is 7.17. The van der Waals surface area contributed by atoms with Gasteiger partial charge in [-0.2, -0.15) is 0 Å². The summed E-state index contributed by atoms with van der Waals surface area (Å²) in [5, 5.41) is 2.88. The fourth-order valence-electron chi connectivity index (χ4n) is 1.33. The van der Waals surface area contributed by atoms with Crippen LogP contribution in [0.1, 0.15) is 26.0 Å². The van der Waals surface area contributed by atoms with Gasteiger partial charge in [0.25, 0.3) is 10.0 Å². The maximum Gasteiger partial charge on any atom is 0.273 e. The minimum atomic E-state index is -3.50. The summed E-state index contributed by atoms with van der Waals surface area (Å²) in [6.07, 6.45) is 0.809. The molecule has 0 atom stereocenters. The van der Waals surface area contributed by atoms with E-state index in [4.69, 9.17) is 4.42 Å². The zero-order valence-electron chi connectivity index (χ0n) is 10.5. The van der Waals surface area contributed by atoms with Gasteiger partial charge in [0, 0.05) is 6.54 Å². The highest BCUT2D eigenvalue weighted by molar-refractivity contribution is 7.89. The largest absolute Gasteiger partial charge is 0.447 e. The Morgan fingerprint density at radius 3 is 2.65 bits per heavy atom. The van der Waals surface area contributed by atoms with Crippen LogP contribution in [0.5, 0.6) is 0 Å². The van der Waals surface area contributed by atoms with Crippen LogP contribution < -0.4 is 10.0 Å². The monoisotopic (exact) mass is 260 g/mol. The van der Waals surface area contributed by atoms with Crippen molar-refractivity contribution in [2.45, 2.75) is 31.9 Å².